The number of hydrogen-bond acceptors (Lipinski definition) is 2. The Morgan fingerprint density at radius 1 is 1.09 bits per heavy atom. The van der Waals surface area contributed by atoms with Crippen LogP contribution in [0.3, 0.4) is 0 Å². The minimum absolute atomic E-state index is 0.0540. The van der Waals surface area contributed by atoms with Crippen molar-refractivity contribution in [3.63, 3.8) is 0 Å². The van der Waals surface area contributed by atoms with E-state index in [-0.39, 0.29) is 20.6 Å². The Morgan fingerprint density at radius 2 is 1.73 bits per heavy atom. The molecule has 0 aliphatic carbocycles. The molecule has 0 atom stereocenters. The standard InChI is InChI=1S/C13H5Cl3F3NO2/c14-7-2-1-6(9(15)10(7)16)11-8(13(17,18)19)5(12(21)22)3-4-20-11/h1-4H,(H,21,22). The molecule has 0 spiro atoms. The highest BCUT2D eigenvalue weighted by Gasteiger charge is 2.39. The summed E-state index contributed by atoms with van der Waals surface area (Å²) in [4.78, 5) is 14.7. The predicted molar refractivity (Wildman–Crippen MR) is 76.7 cm³/mol. The number of halogens is 6. The largest absolute Gasteiger partial charge is 0.478 e. The molecule has 22 heavy (non-hydrogen) atoms. The first-order valence-electron chi connectivity index (χ1n) is 5.58. The maximum Gasteiger partial charge on any atom is 0.419 e. The molecule has 0 saturated heterocycles. The number of carboxylic acids is 1. The molecule has 0 fully saturated rings. The number of aromatic nitrogens is 1. The molecule has 0 unspecified atom stereocenters. The summed E-state index contributed by atoms with van der Waals surface area (Å²) in [5.41, 5.74) is -3.12. The number of carboxylic acid groups (broad SMARTS) is 1. The third-order valence-corrected chi connectivity index (χ3v) is 4.05. The molecular formula is C13H5Cl3F3NO2. The SMILES string of the molecule is O=C(O)c1ccnc(-c2ccc(Cl)c(Cl)c2Cl)c1C(F)(F)F. The summed E-state index contributed by atoms with van der Waals surface area (Å²) in [5.74, 6) is -1.73. The molecule has 116 valence electrons. The van der Waals surface area contributed by atoms with Crippen molar-refractivity contribution in [1.82, 2.24) is 4.98 Å². The van der Waals surface area contributed by atoms with E-state index in [0.29, 0.717) is 0 Å². The second-order valence-corrected chi connectivity index (χ2v) is 5.27. The topological polar surface area (TPSA) is 50.2 Å². The number of pyridine rings is 1. The van der Waals surface area contributed by atoms with E-state index in [4.69, 9.17) is 39.9 Å². The lowest BCUT2D eigenvalue weighted by atomic mass is 10.0. The van der Waals surface area contributed by atoms with Crippen molar-refractivity contribution >= 4 is 40.8 Å². The monoisotopic (exact) mass is 369 g/mol. The van der Waals surface area contributed by atoms with E-state index in [1.54, 1.807) is 0 Å². The van der Waals surface area contributed by atoms with Crippen molar-refractivity contribution in [2.24, 2.45) is 0 Å². The van der Waals surface area contributed by atoms with Gasteiger partial charge < -0.3 is 5.11 Å². The number of aromatic carboxylic acids is 1. The van der Waals surface area contributed by atoms with Gasteiger partial charge in [0.05, 0.1) is 31.9 Å². The van der Waals surface area contributed by atoms with Crippen LogP contribution in [0.5, 0.6) is 0 Å². The van der Waals surface area contributed by atoms with Crippen molar-refractivity contribution < 1.29 is 23.1 Å². The van der Waals surface area contributed by atoms with E-state index in [2.05, 4.69) is 4.98 Å². The number of carbonyl (C=O) groups is 1. The van der Waals surface area contributed by atoms with E-state index >= 15 is 0 Å². The van der Waals surface area contributed by atoms with E-state index in [9.17, 15) is 18.0 Å². The lowest BCUT2D eigenvalue weighted by molar-refractivity contribution is -0.137. The summed E-state index contributed by atoms with van der Waals surface area (Å²) in [6, 6.07) is 3.21. The Bertz CT molecular complexity index is 763. The first-order valence-corrected chi connectivity index (χ1v) is 6.71. The van der Waals surface area contributed by atoms with Gasteiger partial charge in [-0.25, -0.2) is 4.79 Å². The molecule has 0 bridgehead atoms. The molecule has 1 aromatic carbocycles. The van der Waals surface area contributed by atoms with Crippen LogP contribution >= 0.6 is 34.8 Å². The van der Waals surface area contributed by atoms with E-state index < -0.39 is 29.0 Å². The smallest absolute Gasteiger partial charge is 0.419 e. The Labute approximate surface area is 137 Å². The van der Waals surface area contributed by atoms with Crippen LogP contribution in [0.4, 0.5) is 13.2 Å². The Morgan fingerprint density at radius 3 is 2.27 bits per heavy atom. The fourth-order valence-corrected chi connectivity index (χ4v) is 2.46. The summed E-state index contributed by atoms with van der Waals surface area (Å²) in [7, 11) is 0. The molecular weight excluding hydrogens is 366 g/mol. The van der Waals surface area contributed by atoms with Crippen molar-refractivity contribution in [2.75, 3.05) is 0 Å². The van der Waals surface area contributed by atoms with Crippen molar-refractivity contribution in [3.8, 4) is 11.3 Å². The molecule has 1 aromatic heterocycles. The average Bonchev–Trinajstić information content (AvgIpc) is 2.43. The van der Waals surface area contributed by atoms with Gasteiger partial charge in [-0.05, 0) is 18.2 Å². The molecule has 0 aliphatic heterocycles. The van der Waals surface area contributed by atoms with E-state index in [0.717, 1.165) is 12.3 Å². The molecule has 2 rings (SSSR count). The number of rotatable bonds is 2. The molecule has 1 heterocycles. The molecule has 0 aliphatic rings. The summed E-state index contributed by atoms with van der Waals surface area (Å²) in [6.07, 6.45) is -3.99. The van der Waals surface area contributed by atoms with Crippen LogP contribution in [-0.4, -0.2) is 16.1 Å². The van der Waals surface area contributed by atoms with Gasteiger partial charge in [0.15, 0.2) is 0 Å². The van der Waals surface area contributed by atoms with Crippen molar-refractivity contribution in [1.29, 1.82) is 0 Å². The van der Waals surface area contributed by atoms with Gasteiger partial charge in [0.25, 0.3) is 0 Å². The first kappa shape index (κ1) is 16.9. The van der Waals surface area contributed by atoms with Crippen LogP contribution < -0.4 is 0 Å². The van der Waals surface area contributed by atoms with Gasteiger partial charge in [-0.15, -0.1) is 0 Å². The predicted octanol–water partition coefficient (Wildman–Crippen LogP) is 5.43. The highest BCUT2D eigenvalue weighted by molar-refractivity contribution is 6.49. The summed E-state index contributed by atoms with van der Waals surface area (Å²) >= 11 is 17.5. The molecule has 3 nitrogen and oxygen atoms in total. The second kappa shape index (κ2) is 5.95. The Balaban J connectivity index is 2.85. The maximum absolute atomic E-state index is 13.3. The van der Waals surface area contributed by atoms with Gasteiger partial charge in [-0.1, -0.05) is 34.8 Å². The van der Waals surface area contributed by atoms with Gasteiger partial charge in [0.1, 0.15) is 0 Å². The Hall–Kier alpha value is -1.50. The van der Waals surface area contributed by atoms with Crippen LogP contribution in [-0.2, 0) is 6.18 Å². The quantitative estimate of drug-likeness (QED) is 0.718. The fraction of sp³-hybridized carbons (Fsp3) is 0.0769. The normalized spacial score (nSPS) is 11.5. The lowest BCUT2D eigenvalue weighted by Gasteiger charge is -2.16. The van der Waals surface area contributed by atoms with Gasteiger partial charge in [-0.2, -0.15) is 13.2 Å². The zero-order chi connectivity index (χ0) is 16.7. The molecule has 9 heteroatoms. The molecule has 2 aromatic rings. The van der Waals surface area contributed by atoms with E-state index in [1.165, 1.54) is 12.1 Å². The van der Waals surface area contributed by atoms with Gasteiger partial charge in [-0.3, -0.25) is 4.98 Å². The zero-order valence-corrected chi connectivity index (χ0v) is 12.6. The minimum Gasteiger partial charge on any atom is -0.478 e. The third kappa shape index (κ3) is 2.99. The summed E-state index contributed by atoms with van der Waals surface area (Å²) in [6.45, 7) is 0. The van der Waals surface area contributed by atoms with Crippen LogP contribution in [0.15, 0.2) is 24.4 Å². The Kier molecular flexibility index (Phi) is 4.56. The second-order valence-electron chi connectivity index (χ2n) is 4.11. The van der Waals surface area contributed by atoms with Crippen molar-refractivity contribution in [3.05, 3.63) is 50.6 Å². The zero-order valence-electron chi connectivity index (χ0n) is 10.4. The highest BCUT2D eigenvalue weighted by Crippen LogP contribution is 2.43. The van der Waals surface area contributed by atoms with Gasteiger partial charge in [0.2, 0.25) is 0 Å². The molecule has 1 N–H and O–H groups in total. The molecule has 0 radical (unpaired) electrons. The van der Waals surface area contributed by atoms with Gasteiger partial charge >= 0.3 is 12.1 Å². The molecule has 0 amide bonds. The van der Waals surface area contributed by atoms with Crippen LogP contribution in [0.1, 0.15) is 15.9 Å². The van der Waals surface area contributed by atoms with E-state index in [1.807, 2.05) is 0 Å². The lowest BCUT2D eigenvalue weighted by Crippen LogP contribution is -2.15. The van der Waals surface area contributed by atoms with Crippen molar-refractivity contribution in [2.45, 2.75) is 6.18 Å². The van der Waals surface area contributed by atoms with Crippen LogP contribution in [0, 0.1) is 0 Å². The first-order chi connectivity index (χ1) is 10.1. The van der Waals surface area contributed by atoms with Crippen LogP contribution in [0.2, 0.25) is 15.1 Å². The number of nitrogens with zero attached hydrogens (tertiary/aromatic N) is 1. The minimum atomic E-state index is -4.94. The number of alkyl halides is 3. The average molecular weight is 371 g/mol. The summed E-state index contributed by atoms with van der Waals surface area (Å²) < 4.78 is 39.8. The highest BCUT2D eigenvalue weighted by atomic mass is 35.5. The molecule has 0 saturated carbocycles. The van der Waals surface area contributed by atoms with Crippen LogP contribution in [0.25, 0.3) is 11.3 Å². The third-order valence-electron chi connectivity index (χ3n) is 2.76. The maximum atomic E-state index is 13.3. The fourth-order valence-electron chi connectivity index (χ4n) is 1.84. The number of benzene rings is 1. The van der Waals surface area contributed by atoms with Gasteiger partial charge in [0, 0.05) is 11.8 Å². The summed E-state index contributed by atoms with van der Waals surface area (Å²) in [5, 5.41) is 8.63. The number of hydrogen-bond donors (Lipinski definition) is 1.